The van der Waals surface area contributed by atoms with Gasteiger partial charge in [0.1, 0.15) is 0 Å². The number of benzene rings is 2. The molecule has 0 aliphatic heterocycles. The van der Waals surface area contributed by atoms with E-state index in [9.17, 15) is 9.59 Å². The predicted molar refractivity (Wildman–Crippen MR) is 107 cm³/mol. The van der Waals surface area contributed by atoms with E-state index in [4.69, 9.17) is 16.3 Å². The zero-order valence-corrected chi connectivity index (χ0v) is 16.2. The van der Waals surface area contributed by atoms with Crippen molar-refractivity contribution >= 4 is 45.0 Å². The van der Waals surface area contributed by atoms with Gasteiger partial charge in [-0.25, -0.2) is 4.98 Å². The largest absolute Gasteiger partial charge is 0.456 e. The lowest BCUT2D eigenvalue weighted by atomic mass is 10.2. The molecule has 0 radical (unpaired) electrons. The van der Waals surface area contributed by atoms with Crippen molar-refractivity contribution in [2.24, 2.45) is 0 Å². The van der Waals surface area contributed by atoms with Crippen molar-refractivity contribution in [2.45, 2.75) is 25.8 Å². The fraction of sp³-hybridized carbons (Fsp3) is 0.250. The van der Waals surface area contributed by atoms with Crippen molar-refractivity contribution in [3.05, 3.63) is 64.1 Å². The number of carbonyl (C=O) groups is 2. The first-order valence-electron chi connectivity index (χ1n) is 8.62. The van der Waals surface area contributed by atoms with Crippen LogP contribution in [0.25, 0.3) is 10.2 Å². The third-order valence-electron chi connectivity index (χ3n) is 3.91. The highest BCUT2D eigenvalue weighted by molar-refractivity contribution is 7.18. The maximum Gasteiger partial charge on any atom is 0.306 e. The van der Waals surface area contributed by atoms with Crippen LogP contribution in [0.15, 0.2) is 48.5 Å². The zero-order valence-electron chi connectivity index (χ0n) is 14.6. The Bertz CT molecular complexity index is 909. The van der Waals surface area contributed by atoms with Crippen LogP contribution in [0.1, 0.15) is 23.4 Å². The average molecular weight is 403 g/mol. The molecule has 0 unspecified atom stereocenters. The molecule has 3 aromatic rings. The Hall–Kier alpha value is -2.44. The first kappa shape index (κ1) is 19.3. The Labute approximate surface area is 166 Å². The number of ether oxygens (including phenoxy) is 1. The van der Waals surface area contributed by atoms with E-state index < -0.39 is 0 Å². The van der Waals surface area contributed by atoms with E-state index in [0.29, 0.717) is 24.4 Å². The van der Waals surface area contributed by atoms with Gasteiger partial charge in [0.2, 0.25) is 0 Å². The SMILES string of the molecule is O=C(COC(=O)CCCc1nc2ccccc2s1)NCc1ccccc1Cl. The second kappa shape index (κ2) is 9.48. The van der Waals surface area contributed by atoms with Gasteiger partial charge in [0.25, 0.3) is 5.91 Å². The van der Waals surface area contributed by atoms with Gasteiger partial charge in [0.15, 0.2) is 6.61 Å². The predicted octanol–water partition coefficient (Wildman–Crippen LogP) is 4.13. The van der Waals surface area contributed by atoms with Crippen molar-refractivity contribution in [1.82, 2.24) is 10.3 Å². The van der Waals surface area contributed by atoms with Crippen molar-refractivity contribution < 1.29 is 14.3 Å². The summed E-state index contributed by atoms with van der Waals surface area (Å²) in [5.74, 6) is -0.738. The minimum absolute atomic E-state index is 0.258. The highest BCUT2D eigenvalue weighted by atomic mass is 35.5. The van der Waals surface area contributed by atoms with Crippen LogP contribution in [0.4, 0.5) is 0 Å². The summed E-state index contributed by atoms with van der Waals surface area (Å²) >= 11 is 7.66. The summed E-state index contributed by atoms with van der Waals surface area (Å²) in [6.07, 6.45) is 1.61. The molecule has 140 valence electrons. The van der Waals surface area contributed by atoms with Crippen LogP contribution in [0.5, 0.6) is 0 Å². The summed E-state index contributed by atoms with van der Waals surface area (Å²) in [5.41, 5.74) is 1.80. The Morgan fingerprint density at radius 2 is 1.89 bits per heavy atom. The number of nitrogens with zero attached hydrogens (tertiary/aromatic N) is 1. The lowest BCUT2D eigenvalue weighted by Gasteiger charge is -2.07. The fourth-order valence-corrected chi connectivity index (χ4v) is 3.73. The third-order valence-corrected chi connectivity index (χ3v) is 5.37. The summed E-state index contributed by atoms with van der Waals surface area (Å²) in [6, 6.07) is 15.2. The minimum atomic E-state index is -0.385. The zero-order chi connectivity index (χ0) is 19.1. The first-order valence-corrected chi connectivity index (χ1v) is 9.81. The van der Waals surface area contributed by atoms with Crippen LogP contribution in [-0.2, 0) is 27.3 Å². The van der Waals surface area contributed by atoms with E-state index in [1.54, 1.807) is 17.4 Å². The summed E-state index contributed by atoms with van der Waals surface area (Å²) in [6.45, 7) is 0.0120. The quantitative estimate of drug-likeness (QED) is 0.575. The minimum Gasteiger partial charge on any atom is -0.456 e. The van der Waals surface area contributed by atoms with Gasteiger partial charge >= 0.3 is 5.97 Å². The van der Waals surface area contributed by atoms with E-state index in [1.165, 1.54) is 0 Å². The number of nitrogens with one attached hydrogen (secondary N) is 1. The molecular formula is C20H19ClN2O3S. The molecule has 0 aliphatic carbocycles. The van der Waals surface area contributed by atoms with E-state index in [1.807, 2.05) is 42.5 Å². The lowest BCUT2D eigenvalue weighted by molar-refractivity contribution is -0.148. The van der Waals surface area contributed by atoms with Crippen molar-refractivity contribution in [3.8, 4) is 0 Å². The summed E-state index contributed by atoms with van der Waals surface area (Å²) in [5, 5.41) is 4.27. The number of fused-ring (bicyclic) bond motifs is 1. The topological polar surface area (TPSA) is 68.3 Å². The monoisotopic (exact) mass is 402 g/mol. The summed E-state index contributed by atoms with van der Waals surface area (Å²) in [4.78, 5) is 28.1. The van der Waals surface area contributed by atoms with Gasteiger partial charge in [-0.05, 0) is 36.6 Å². The Balaban J connectivity index is 1.34. The van der Waals surface area contributed by atoms with Gasteiger partial charge in [-0.2, -0.15) is 0 Å². The molecule has 1 aromatic heterocycles. The number of para-hydroxylation sites is 1. The van der Waals surface area contributed by atoms with Crippen LogP contribution in [0.3, 0.4) is 0 Å². The van der Waals surface area contributed by atoms with Crippen LogP contribution in [0.2, 0.25) is 5.02 Å². The molecule has 2 aromatic carbocycles. The van der Waals surface area contributed by atoms with Crippen molar-refractivity contribution in [1.29, 1.82) is 0 Å². The first-order chi connectivity index (χ1) is 13.1. The smallest absolute Gasteiger partial charge is 0.306 e. The number of halogens is 1. The number of amides is 1. The highest BCUT2D eigenvalue weighted by Crippen LogP contribution is 2.22. The number of thiazole rings is 1. The molecule has 1 amide bonds. The van der Waals surface area contributed by atoms with E-state index in [2.05, 4.69) is 10.3 Å². The number of aryl methyl sites for hydroxylation is 1. The standard InChI is InChI=1S/C20H19ClN2O3S/c21-15-7-2-1-6-14(15)12-22-18(24)13-26-20(25)11-5-10-19-23-16-8-3-4-9-17(16)27-19/h1-4,6-9H,5,10-13H2,(H,22,24). The molecule has 0 saturated heterocycles. The summed E-state index contributed by atoms with van der Waals surface area (Å²) in [7, 11) is 0. The molecule has 1 heterocycles. The van der Waals surface area contributed by atoms with Crippen LogP contribution < -0.4 is 5.32 Å². The number of carbonyl (C=O) groups excluding carboxylic acids is 2. The molecule has 0 saturated carbocycles. The Kier molecular flexibility index (Phi) is 6.79. The number of aromatic nitrogens is 1. The molecule has 7 heteroatoms. The number of rotatable bonds is 8. The lowest BCUT2D eigenvalue weighted by Crippen LogP contribution is -2.28. The molecule has 0 fully saturated rings. The normalized spacial score (nSPS) is 10.7. The maximum atomic E-state index is 11.8. The second-order valence-corrected chi connectivity index (χ2v) is 7.48. The van der Waals surface area contributed by atoms with Crippen LogP contribution in [0, 0.1) is 0 Å². The van der Waals surface area contributed by atoms with Crippen molar-refractivity contribution in [3.63, 3.8) is 0 Å². The molecule has 5 nitrogen and oxygen atoms in total. The van der Waals surface area contributed by atoms with Crippen molar-refractivity contribution in [2.75, 3.05) is 6.61 Å². The van der Waals surface area contributed by atoms with E-state index >= 15 is 0 Å². The highest BCUT2D eigenvalue weighted by Gasteiger charge is 2.09. The molecule has 27 heavy (non-hydrogen) atoms. The Morgan fingerprint density at radius 1 is 1.11 bits per heavy atom. The van der Waals surface area contributed by atoms with Gasteiger partial charge in [-0.1, -0.05) is 41.9 Å². The molecule has 1 N–H and O–H groups in total. The number of hydrogen-bond acceptors (Lipinski definition) is 5. The van der Waals surface area contributed by atoms with Gasteiger partial charge in [-0.3, -0.25) is 9.59 Å². The third kappa shape index (κ3) is 5.77. The average Bonchev–Trinajstić information content (AvgIpc) is 3.08. The number of esters is 1. The molecule has 0 bridgehead atoms. The molecule has 0 aliphatic rings. The fourth-order valence-electron chi connectivity index (χ4n) is 2.52. The van der Waals surface area contributed by atoms with E-state index in [-0.39, 0.29) is 24.9 Å². The van der Waals surface area contributed by atoms with Crippen LogP contribution in [-0.4, -0.2) is 23.5 Å². The maximum absolute atomic E-state index is 11.8. The summed E-state index contributed by atoms with van der Waals surface area (Å²) < 4.78 is 6.16. The van der Waals surface area contributed by atoms with Gasteiger partial charge in [-0.15, -0.1) is 11.3 Å². The second-order valence-electron chi connectivity index (χ2n) is 5.96. The molecule has 0 atom stereocenters. The molecular weight excluding hydrogens is 384 g/mol. The van der Waals surface area contributed by atoms with Gasteiger partial charge < -0.3 is 10.1 Å². The molecule has 0 spiro atoms. The Morgan fingerprint density at radius 3 is 2.70 bits per heavy atom. The molecule has 3 rings (SSSR count). The van der Waals surface area contributed by atoms with Crippen LogP contribution >= 0.6 is 22.9 Å². The van der Waals surface area contributed by atoms with E-state index in [0.717, 1.165) is 20.8 Å². The van der Waals surface area contributed by atoms with Gasteiger partial charge in [0.05, 0.1) is 15.2 Å². The van der Waals surface area contributed by atoms with Gasteiger partial charge in [0, 0.05) is 18.0 Å². The number of hydrogen-bond donors (Lipinski definition) is 1.